The number of carboxylic acid groups (broad SMARTS) is 1. The van der Waals surface area contributed by atoms with Crippen molar-refractivity contribution in [2.24, 2.45) is 5.73 Å². The summed E-state index contributed by atoms with van der Waals surface area (Å²) < 4.78 is 0. The molecule has 0 aliphatic carbocycles. The zero-order valence-electron chi connectivity index (χ0n) is 10.4. The number of carboxylic acids is 1. The molecule has 0 spiro atoms. The first kappa shape index (κ1) is 14.6. The predicted octanol–water partition coefficient (Wildman–Crippen LogP) is -0.161. The zero-order chi connectivity index (χ0) is 14.4. The van der Waals surface area contributed by atoms with Crippen LogP contribution in [-0.2, 0) is 9.59 Å². The number of aryl methyl sites for hydroxylation is 1. The van der Waals surface area contributed by atoms with Gasteiger partial charge in [0.2, 0.25) is 5.91 Å². The number of carbonyl (C=O) groups is 3. The molecule has 0 bridgehead atoms. The lowest BCUT2D eigenvalue weighted by atomic mass is 10.1. The summed E-state index contributed by atoms with van der Waals surface area (Å²) in [5.41, 5.74) is 5.92. The zero-order valence-corrected chi connectivity index (χ0v) is 10.4. The van der Waals surface area contributed by atoms with Crippen molar-refractivity contribution < 1.29 is 19.5 Å². The summed E-state index contributed by atoms with van der Waals surface area (Å²) >= 11 is 0. The number of aromatic nitrogens is 1. The largest absolute Gasteiger partial charge is 0.480 e. The summed E-state index contributed by atoms with van der Waals surface area (Å²) in [4.78, 5) is 37.4. The molecule has 1 aromatic rings. The molecule has 7 nitrogen and oxygen atoms in total. The Kier molecular flexibility index (Phi) is 4.99. The van der Waals surface area contributed by atoms with Crippen LogP contribution in [0.1, 0.15) is 28.9 Å². The van der Waals surface area contributed by atoms with Gasteiger partial charge in [0.25, 0.3) is 5.91 Å². The minimum Gasteiger partial charge on any atom is -0.480 e. The molecule has 2 amide bonds. The smallest absolute Gasteiger partial charge is 0.326 e. The Morgan fingerprint density at radius 3 is 2.68 bits per heavy atom. The standard InChI is InChI=1S/C12H15N3O4/c1-7-6-8(4-5-14-7)11(17)15-9(12(18)19)2-3-10(13)16/h4-6,9H,2-3H2,1H3,(H2,13,16)(H,15,17)(H,18,19)/t9-/m1/s1. The molecule has 0 saturated carbocycles. The summed E-state index contributed by atoms with van der Waals surface area (Å²) in [5.74, 6) is -2.34. The highest BCUT2D eigenvalue weighted by atomic mass is 16.4. The van der Waals surface area contributed by atoms with Gasteiger partial charge in [-0.3, -0.25) is 14.6 Å². The van der Waals surface area contributed by atoms with Gasteiger partial charge in [-0.25, -0.2) is 4.79 Å². The number of pyridine rings is 1. The average Bonchev–Trinajstić information content (AvgIpc) is 2.33. The van der Waals surface area contributed by atoms with E-state index in [2.05, 4.69) is 10.3 Å². The Labute approximate surface area is 109 Å². The molecule has 1 atom stereocenters. The van der Waals surface area contributed by atoms with Crippen molar-refractivity contribution in [1.29, 1.82) is 0 Å². The van der Waals surface area contributed by atoms with Crippen LogP contribution in [-0.4, -0.2) is 33.9 Å². The van der Waals surface area contributed by atoms with E-state index in [1.54, 1.807) is 13.0 Å². The highest BCUT2D eigenvalue weighted by molar-refractivity contribution is 5.96. The second-order valence-electron chi connectivity index (χ2n) is 4.06. The molecule has 0 fully saturated rings. The van der Waals surface area contributed by atoms with Crippen LogP contribution < -0.4 is 11.1 Å². The topological polar surface area (TPSA) is 122 Å². The first-order chi connectivity index (χ1) is 8.90. The van der Waals surface area contributed by atoms with Crippen molar-refractivity contribution in [3.8, 4) is 0 Å². The van der Waals surface area contributed by atoms with Crippen molar-refractivity contribution >= 4 is 17.8 Å². The number of carbonyl (C=O) groups excluding carboxylic acids is 2. The molecule has 1 rings (SSSR count). The van der Waals surface area contributed by atoms with Gasteiger partial charge in [0.15, 0.2) is 0 Å². The fraction of sp³-hybridized carbons (Fsp3) is 0.333. The van der Waals surface area contributed by atoms with E-state index in [0.29, 0.717) is 11.3 Å². The molecule has 1 aromatic heterocycles. The van der Waals surface area contributed by atoms with Crippen LogP contribution >= 0.6 is 0 Å². The van der Waals surface area contributed by atoms with Crippen molar-refractivity contribution in [3.63, 3.8) is 0 Å². The monoisotopic (exact) mass is 265 g/mol. The second kappa shape index (κ2) is 6.48. The van der Waals surface area contributed by atoms with Crippen LogP contribution in [0.3, 0.4) is 0 Å². The lowest BCUT2D eigenvalue weighted by molar-refractivity contribution is -0.139. The Balaban J connectivity index is 2.71. The van der Waals surface area contributed by atoms with Gasteiger partial charge in [-0.15, -0.1) is 0 Å². The number of hydrogen-bond acceptors (Lipinski definition) is 4. The minimum atomic E-state index is -1.21. The van der Waals surface area contributed by atoms with E-state index in [1.807, 2.05) is 0 Å². The molecule has 0 aliphatic rings. The van der Waals surface area contributed by atoms with E-state index in [9.17, 15) is 14.4 Å². The number of aliphatic carboxylic acids is 1. The maximum atomic E-state index is 11.8. The Morgan fingerprint density at radius 2 is 2.16 bits per heavy atom. The molecule has 0 radical (unpaired) electrons. The predicted molar refractivity (Wildman–Crippen MR) is 66.3 cm³/mol. The van der Waals surface area contributed by atoms with Gasteiger partial charge in [0.1, 0.15) is 6.04 Å². The summed E-state index contributed by atoms with van der Waals surface area (Å²) in [6.07, 6.45) is 1.32. The van der Waals surface area contributed by atoms with Crippen LogP contribution in [0, 0.1) is 6.92 Å². The van der Waals surface area contributed by atoms with Crippen molar-refractivity contribution in [2.75, 3.05) is 0 Å². The lowest BCUT2D eigenvalue weighted by Gasteiger charge is -2.13. The van der Waals surface area contributed by atoms with Crippen LogP contribution in [0.4, 0.5) is 0 Å². The van der Waals surface area contributed by atoms with Gasteiger partial charge in [0, 0.05) is 23.9 Å². The fourth-order valence-corrected chi connectivity index (χ4v) is 1.47. The highest BCUT2D eigenvalue weighted by Crippen LogP contribution is 2.03. The van der Waals surface area contributed by atoms with E-state index in [0.717, 1.165) is 0 Å². The number of primary amides is 1. The van der Waals surface area contributed by atoms with E-state index < -0.39 is 23.8 Å². The first-order valence-corrected chi connectivity index (χ1v) is 5.64. The van der Waals surface area contributed by atoms with Crippen molar-refractivity contribution in [2.45, 2.75) is 25.8 Å². The molecule has 1 heterocycles. The minimum absolute atomic E-state index is 0.0412. The SMILES string of the molecule is Cc1cc(C(=O)N[C@H](CCC(N)=O)C(=O)O)ccn1. The van der Waals surface area contributed by atoms with Crippen LogP contribution in [0.15, 0.2) is 18.3 Å². The molecular weight excluding hydrogens is 250 g/mol. The molecule has 19 heavy (non-hydrogen) atoms. The second-order valence-corrected chi connectivity index (χ2v) is 4.06. The van der Waals surface area contributed by atoms with E-state index in [-0.39, 0.29) is 12.8 Å². The van der Waals surface area contributed by atoms with Gasteiger partial charge >= 0.3 is 5.97 Å². The normalized spacial score (nSPS) is 11.6. The maximum Gasteiger partial charge on any atom is 0.326 e. The molecule has 102 valence electrons. The van der Waals surface area contributed by atoms with Gasteiger partial charge in [-0.1, -0.05) is 0 Å². The van der Waals surface area contributed by atoms with Crippen LogP contribution in [0.5, 0.6) is 0 Å². The Morgan fingerprint density at radius 1 is 1.47 bits per heavy atom. The fourth-order valence-electron chi connectivity index (χ4n) is 1.47. The van der Waals surface area contributed by atoms with E-state index in [4.69, 9.17) is 10.8 Å². The summed E-state index contributed by atoms with van der Waals surface area (Å²) in [7, 11) is 0. The number of rotatable bonds is 6. The summed E-state index contributed by atoms with van der Waals surface area (Å²) in [5, 5.41) is 11.3. The molecular formula is C12H15N3O4. The van der Waals surface area contributed by atoms with Crippen LogP contribution in [0.25, 0.3) is 0 Å². The van der Waals surface area contributed by atoms with Crippen LogP contribution in [0.2, 0.25) is 0 Å². The van der Waals surface area contributed by atoms with Crippen molar-refractivity contribution in [1.82, 2.24) is 10.3 Å². The lowest BCUT2D eigenvalue weighted by Crippen LogP contribution is -2.41. The highest BCUT2D eigenvalue weighted by Gasteiger charge is 2.21. The van der Waals surface area contributed by atoms with Gasteiger partial charge < -0.3 is 16.2 Å². The first-order valence-electron chi connectivity index (χ1n) is 5.64. The number of nitrogens with two attached hydrogens (primary N) is 1. The van der Waals surface area contributed by atoms with Gasteiger partial charge in [0.05, 0.1) is 0 Å². The number of hydrogen-bond donors (Lipinski definition) is 3. The van der Waals surface area contributed by atoms with Crippen molar-refractivity contribution in [3.05, 3.63) is 29.6 Å². The maximum absolute atomic E-state index is 11.8. The number of nitrogens with one attached hydrogen (secondary N) is 1. The molecule has 0 saturated heterocycles. The summed E-state index contributed by atoms with van der Waals surface area (Å²) in [6.45, 7) is 1.72. The average molecular weight is 265 g/mol. The third kappa shape index (κ3) is 4.74. The van der Waals surface area contributed by atoms with E-state index >= 15 is 0 Å². The Hall–Kier alpha value is -2.44. The van der Waals surface area contributed by atoms with Gasteiger partial charge in [-0.2, -0.15) is 0 Å². The molecule has 0 aromatic carbocycles. The third-order valence-corrected chi connectivity index (χ3v) is 2.44. The van der Waals surface area contributed by atoms with Gasteiger partial charge in [-0.05, 0) is 25.5 Å². The molecule has 0 aliphatic heterocycles. The quantitative estimate of drug-likeness (QED) is 0.659. The Bertz CT molecular complexity index is 502. The number of nitrogens with zero attached hydrogens (tertiary/aromatic N) is 1. The summed E-state index contributed by atoms with van der Waals surface area (Å²) in [6, 6.07) is 1.88. The molecule has 7 heteroatoms. The molecule has 0 unspecified atom stereocenters. The third-order valence-electron chi connectivity index (χ3n) is 2.44. The number of amides is 2. The molecule has 4 N–H and O–H groups in total. The van der Waals surface area contributed by atoms with E-state index in [1.165, 1.54) is 12.3 Å².